The molecule has 39 heavy (non-hydrogen) atoms. The Morgan fingerprint density at radius 2 is 1.62 bits per heavy atom. The fraction of sp³-hybridized carbons (Fsp3) is 0.179. The minimum atomic E-state index is -3.92. The molecule has 0 saturated heterocycles. The summed E-state index contributed by atoms with van der Waals surface area (Å²) >= 11 is 0. The van der Waals surface area contributed by atoms with Crippen molar-refractivity contribution >= 4 is 38.5 Å². The van der Waals surface area contributed by atoms with Gasteiger partial charge >= 0.3 is 0 Å². The number of pyridine rings is 1. The van der Waals surface area contributed by atoms with Gasteiger partial charge in [0.2, 0.25) is 5.95 Å². The van der Waals surface area contributed by atoms with E-state index < -0.39 is 10.0 Å². The second kappa shape index (κ2) is 10.3. The standard InChI is InChI=1S/C28H27N7O3S/c1-5-35-16-24(19(4)33-35)26-15-23(22-8-6-7-9-25(22)32-26)27(36)31-20-10-12-21(13-11-20)39(37,38)34-28-29-17(2)14-18(3)30-28/h6-16H,5H2,1-4H3,(H,31,36)(H,29,30,34). The van der Waals surface area contributed by atoms with Crippen molar-refractivity contribution in [3.63, 3.8) is 0 Å². The van der Waals surface area contributed by atoms with Crippen LogP contribution in [-0.4, -0.2) is 39.1 Å². The molecule has 0 atom stereocenters. The summed E-state index contributed by atoms with van der Waals surface area (Å²) in [6.07, 6.45) is 1.92. The largest absolute Gasteiger partial charge is 0.322 e. The number of hydrogen-bond acceptors (Lipinski definition) is 7. The third-order valence-electron chi connectivity index (χ3n) is 6.14. The minimum absolute atomic E-state index is 0.00460. The van der Waals surface area contributed by atoms with Crippen molar-refractivity contribution in [3.8, 4) is 11.3 Å². The van der Waals surface area contributed by atoms with Crippen molar-refractivity contribution in [1.29, 1.82) is 0 Å². The molecule has 10 nitrogen and oxygen atoms in total. The van der Waals surface area contributed by atoms with Crippen molar-refractivity contribution in [2.24, 2.45) is 0 Å². The van der Waals surface area contributed by atoms with Crippen LogP contribution < -0.4 is 10.0 Å². The van der Waals surface area contributed by atoms with E-state index in [2.05, 4.69) is 25.1 Å². The number of carbonyl (C=O) groups is 1. The molecular formula is C28H27N7O3S. The van der Waals surface area contributed by atoms with Gasteiger partial charge in [-0.05, 0) is 70.2 Å². The van der Waals surface area contributed by atoms with E-state index in [1.807, 2.05) is 49.0 Å². The third-order valence-corrected chi connectivity index (χ3v) is 7.48. The molecule has 2 N–H and O–H groups in total. The van der Waals surface area contributed by atoms with Crippen LogP contribution in [-0.2, 0) is 16.6 Å². The monoisotopic (exact) mass is 541 g/mol. The lowest BCUT2D eigenvalue weighted by Crippen LogP contribution is -2.16. The lowest BCUT2D eigenvalue weighted by atomic mass is 10.0. The lowest BCUT2D eigenvalue weighted by molar-refractivity contribution is 0.102. The van der Waals surface area contributed by atoms with Crippen LogP contribution in [0.25, 0.3) is 22.2 Å². The Kier molecular flexibility index (Phi) is 6.83. The molecule has 0 aliphatic carbocycles. The Balaban J connectivity index is 1.42. The molecule has 0 unspecified atom stereocenters. The Morgan fingerprint density at radius 3 is 2.28 bits per heavy atom. The molecule has 2 aromatic carbocycles. The summed E-state index contributed by atoms with van der Waals surface area (Å²) in [7, 11) is -3.92. The maximum atomic E-state index is 13.4. The second-order valence-corrected chi connectivity index (χ2v) is 10.8. The van der Waals surface area contributed by atoms with Crippen molar-refractivity contribution in [2.75, 3.05) is 10.0 Å². The minimum Gasteiger partial charge on any atom is -0.322 e. The van der Waals surface area contributed by atoms with Gasteiger partial charge in [0.05, 0.1) is 27.4 Å². The number of nitrogens with one attached hydrogen (secondary N) is 2. The van der Waals surface area contributed by atoms with Crippen molar-refractivity contribution in [3.05, 3.63) is 89.5 Å². The number of amides is 1. The maximum absolute atomic E-state index is 13.4. The highest BCUT2D eigenvalue weighted by molar-refractivity contribution is 7.92. The molecule has 0 spiro atoms. The second-order valence-electron chi connectivity index (χ2n) is 9.11. The number of aromatic nitrogens is 5. The molecule has 3 aromatic heterocycles. The molecule has 0 bridgehead atoms. The highest BCUT2D eigenvalue weighted by atomic mass is 32.2. The summed E-state index contributed by atoms with van der Waals surface area (Å²) in [5, 5.41) is 8.09. The van der Waals surface area contributed by atoms with Crippen LogP contribution >= 0.6 is 0 Å². The summed E-state index contributed by atoms with van der Waals surface area (Å²) in [5.41, 5.74) is 5.21. The summed E-state index contributed by atoms with van der Waals surface area (Å²) in [5.74, 6) is -0.335. The van der Waals surface area contributed by atoms with Crippen LogP contribution in [0.15, 0.2) is 71.8 Å². The Hall–Kier alpha value is -4.64. The fourth-order valence-corrected chi connectivity index (χ4v) is 5.24. The van der Waals surface area contributed by atoms with Gasteiger partial charge in [0.1, 0.15) is 0 Å². The molecule has 0 aliphatic rings. The van der Waals surface area contributed by atoms with Gasteiger partial charge < -0.3 is 5.32 Å². The van der Waals surface area contributed by atoms with Crippen LogP contribution in [0, 0.1) is 20.8 Å². The van der Waals surface area contributed by atoms with E-state index >= 15 is 0 Å². The van der Waals surface area contributed by atoms with E-state index in [1.165, 1.54) is 24.3 Å². The zero-order valence-electron chi connectivity index (χ0n) is 21.9. The van der Waals surface area contributed by atoms with E-state index in [-0.39, 0.29) is 16.8 Å². The summed E-state index contributed by atoms with van der Waals surface area (Å²) < 4.78 is 29.9. The molecule has 5 aromatic rings. The van der Waals surface area contributed by atoms with Gasteiger partial charge in [0.25, 0.3) is 15.9 Å². The van der Waals surface area contributed by atoms with Gasteiger partial charge in [-0.1, -0.05) is 18.2 Å². The number of anilines is 2. The summed E-state index contributed by atoms with van der Waals surface area (Å²) in [6.45, 7) is 8.17. The zero-order valence-corrected chi connectivity index (χ0v) is 22.7. The van der Waals surface area contributed by atoms with E-state index in [4.69, 9.17) is 4.98 Å². The van der Waals surface area contributed by atoms with Gasteiger partial charge in [-0.2, -0.15) is 5.10 Å². The Bertz CT molecular complexity index is 1790. The smallest absolute Gasteiger partial charge is 0.264 e. The number of hydrogen-bond donors (Lipinski definition) is 2. The van der Waals surface area contributed by atoms with Crippen LogP contribution in [0.5, 0.6) is 0 Å². The topological polar surface area (TPSA) is 132 Å². The molecule has 5 rings (SSSR count). The number of carbonyl (C=O) groups excluding carboxylic acids is 1. The Labute approximate surface area is 226 Å². The lowest BCUT2D eigenvalue weighted by Gasteiger charge is -2.11. The number of fused-ring (bicyclic) bond motifs is 1. The molecule has 3 heterocycles. The number of aryl methyl sites for hydroxylation is 4. The maximum Gasteiger partial charge on any atom is 0.264 e. The molecule has 11 heteroatoms. The predicted octanol–water partition coefficient (Wildman–Crippen LogP) is 4.89. The van der Waals surface area contributed by atoms with E-state index in [0.717, 1.165) is 17.8 Å². The van der Waals surface area contributed by atoms with Gasteiger partial charge in [-0.25, -0.2) is 28.1 Å². The third kappa shape index (κ3) is 5.48. The normalized spacial score (nSPS) is 11.5. The number of benzene rings is 2. The predicted molar refractivity (Wildman–Crippen MR) is 150 cm³/mol. The van der Waals surface area contributed by atoms with Crippen LogP contribution in [0.1, 0.15) is 34.4 Å². The molecule has 0 saturated carbocycles. The number of rotatable bonds is 7. The number of nitrogens with zero attached hydrogens (tertiary/aromatic N) is 5. The molecule has 198 valence electrons. The highest BCUT2D eigenvalue weighted by Crippen LogP contribution is 2.27. The van der Waals surface area contributed by atoms with Crippen LogP contribution in [0.2, 0.25) is 0 Å². The van der Waals surface area contributed by atoms with Gasteiger partial charge in [0.15, 0.2) is 0 Å². The first-order chi connectivity index (χ1) is 18.6. The SMILES string of the molecule is CCn1cc(-c2cc(C(=O)Nc3ccc(S(=O)(=O)Nc4nc(C)cc(C)n4)cc3)c3ccccc3n2)c(C)n1. The number of sulfonamides is 1. The highest BCUT2D eigenvalue weighted by Gasteiger charge is 2.19. The van der Waals surface area contributed by atoms with E-state index in [9.17, 15) is 13.2 Å². The van der Waals surface area contributed by atoms with Crippen molar-refractivity contribution in [1.82, 2.24) is 24.7 Å². The quantitative estimate of drug-likeness (QED) is 0.300. The molecule has 0 radical (unpaired) electrons. The van der Waals surface area contributed by atoms with E-state index in [1.54, 1.807) is 26.0 Å². The van der Waals surface area contributed by atoms with E-state index in [0.29, 0.717) is 39.2 Å². The fourth-order valence-electron chi connectivity index (χ4n) is 4.30. The summed E-state index contributed by atoms with van der Waals surface area (Å²) in [4.78, 5) is 26.5. The average molecular weight is 542 g/mol. The van der Waals surface area contributed by atoms with Crippen LogP contribution in [0.3, 0.4) is 0 Å². The number of para-hydroxylation sites is 1. The van der Waals surface area contributed by atoms with Gasteiger partial charge in [0, 0.05) is 40.8 Å². The molecule has 0 aliphatic heterocycles. The van der Waals surface area contributed by atoms with Crippen molar-refractivity contribution in [2.45, 2.75) is 39.1 Å². The first kappa shape index (κ1) is 26.0. The first-order valence-electron chi connectivity index (χ1n) is 12.3. The van der Waals surface area contributed by atoms with Gasteiger partial charge in [-0.3, -0.25) is 9.48 Å². The van der Waals surface area contributed by atoms with Crippen LogP contribution in [0.4, 0.5) is 11.6 Å². The Morgan fingerprint density at radius 1 is 0.923 bits per heavy atom. The van der Waals surface area contributed by atoms with Gasteiger partial charge in [-0.15, -0.1) is 0 Å². The zero-order chi connectivity index (χ0) is 27.7. The molecular weight excluding hydrogens is 514 g/mol. The average Bonchev–Trinajstić information content (AvgIpc) is 3.28. The molecule has 1 amide bonds. The van der Waals surface area contributed by atoms with Crippen molar-refractivity contribution < 1.29 is 13.2 Å². The first-order valence-corrected chi connectivity index (χ1v) is 13.8. The molecule has 0 fully saturated rings. The summed E-state index contributed by atoms with van der Waals surface area (Å²) in [6, 6.07) is 16.9.